The molecule has 0 N–H and O–H groups in total. The summed E-state index contributed by atoms with van der Waals surface area (Å²) in [4.78, 5) is 4.14. The molecule has 96 valence electrons. The topological polar surface area (TPSA) is 52.0 Å². The minimum absolute atomic E-state index is 0.128. The zero-order chi connectivity index (χ0) is 13.3. The Balaban J connectivity index is 2.65. The average Bonchev–Trinajstić information content (AvgIpc) is 2.81. The minimum atomic E-state index is -3.67. The highest BCUT2D eigenvalue weighted by Crippen LogP contribution is 2.27. The predicted octanol–water partition coefficient (Wildman–Crippen LogP) is 3.10. The van der Waals surface area contributed by atoms with Crippen molar-refractivity contribution in [1.29, 1.82) is 0 Å². The van der Waals surface area contributed by atoms with Crippen LogP contribution in [0, 0.1) is 0 Å². The van der Waals surface area contributed by atoms with Crippen LogP contribution >= 0.6 is 27.5 Å². The van der Waals surface area contributed by atoms with Crippen LogP contribution in [0.4, 0.5) is 0 Å². The Labute approximate surface area is 119 Å². The second-order valence-electron chi connectivity index (χ2n) is 3.57. The molecule has 1 heterocycles. The first-order valence-corrected chi connectivity index (χ1v) is 7.80. The number of aromatic nitrogens is 2. The van der Waals surface area contributed by atoms with Crippen LogP contribution in [0.2, 0.25) is 5.02 Å². The van der Waals surface area contributed by atoms with Gasteiger partial charge in [-0.25, -0.2) is 17.4 Å². The molecular weight excluding hydrogens is 340 g/mol. The van der Waals surface area contributed by atoms with Crippen LogP contribution in [0.3, 0.4) is 0 Å². The molecule has 0 spiro atoms. The first-order valence-electron chi connectivity index (χ1n) is 5.19. The van der Waals surface area contributed by atoms with Gasteiger partial charge in [0.1, 0.15) is 10.7 Å². The molecule has 2 rings (SSSR count). The van der Waals surface area contributed by atoms with E-state index in [2.05, 4.69) is 20.9 Å². The van der Waals surface area contributed by atoms with Crippen LogP contribution in [0.15, 0.2) is 40.0 Å². The smallest absolute Gasteiger partial charge is 0.241 e. The molecular formula is C11H10BrClN2O2S. The largest absolute Gasteiger partial charge is 0.270 e. The molecule has 0 amide bonds. The summed E-state index contributed by atoms with van der Waals surface area (Å²) < 4.78 is 26.6. The molecule has 18 heavy (non-hydrogen) atoms. The first kappa shape index (κ1) is 13.6. The number of nitrogens with zero attached hydrogens (tertiary/aromatic N) is 2. The number of benzene rings is 1. The van der Waals surface area contributed by atoms with Gasteiger partial charge in [0.2, 0.25) is 0 Å². The summed E-state index contributed by atoms with van der Waals surface area (Å²) >= 11 is 9.07. The van der Waals surface area contributed by atoms with Gasteiger partial charge >= 0.3 is 0 Å². The highest BCUT2D eigenvalue weighted by Gasteiger charge is 2.22. The maximum Gasteiger partial charge on any atom is 0.270 e. The van der Waals surface area contributed by atoms with E-state index in [0.717, 1.165) is 0 Å². The van der Waals surface area contributed by atoms with Crippen LogP contribution in [0.5, 0.6) is 0 Å². The molecule has 0 unspecified atom stereocenters. The number of imidazole rings is 1. The zero-order valence-corrected chi connectivity index (χ0v) is 12.6. The Kier molecular flexibility index (Phi) is 3.79. The summed E-state index contributed by atoms with van der Waals surface area (Å²) in [5.74, 6) is 0.488. The fraction of sp³-hybridized carbons (Fsp3) is 0.182. The Morgan fingerprint density at radius 2 is 2.17 bits per heavy atom. The number of hydrogen-bond acceptors (Lipinski definition) is 3. The van der Waals surface area contributed by atoms with Gasteiger partial charge in [-0.2, -0.15) is 0 Å². The summed E-state index contributed by atoms with van der Waals surface area (Å²) in [5, 5.41) is 0.370. The van der Waals surface area contributed by atoms with Crippen LogP contribution < -0.4 is 0 Å². The number of aryl methyl sites for hydroxylation is 1. The molecule has 0 saturated heterocycles. The zero-order valence-electron chi connectivity index (χ0n) is 9.47. The summed E-state index contributed by atoms with van der Waals surface area (Å²) in [6.45, 7) is 1.85. The monoisotopic (exact) mass is 348 g/mol. The number of hydrogen-bond donors (Lipinski definition) is 0. The molecule has 1 aromatic heterocycles. The van der Waals surface area contributed by atoms with Crippen molar-refractivity contribution in [3.8, 4) is 0 Å². The predicted molar refractivity (Wildman–Crippen MR) is 73.3 cm³/mol. The minimum Gasteiger partial charge on any atom is -0.241 e. The molecule has 2 aromatic rings. The molecule has 0 aliphatic heterocycles. The number of halogens is 2. The van der Waals surface area contributed by atoms with E-state index < -0.39 is 10.0 Å². The molecule has 0 bridgehead atoms. The van der Waals surface area contributed by atoms with Crippen molar-refractivity contribution in [2.45, 2.75) is 18.2 Å². The molecule has 0 aliphatic carbocycles. The fourth-order valence-electron chi connectivity index (χ4n) is 1.57. The van der Waals surface area contributed by atoms with Crippen LogP contribution in [-0.4, -0.2) is 17.4 Å². The van der Waals surface area contributed by atoms with E-state index in [9.17, 15) is 8.42 Å². The van der Waals surface area contributed by atoms with E-state index >= 15 is 0 Å². The number of rotatable bonds is 3. The van der Waals surface area contributed by atoms with Gasteiger partial charge in [-0.05, 0) is 34.1 Å². The third kappa shape index (κ3) is 2.32. The van der Waals surface area contributed by atoms with E-state index in [1.54, 1.807) is 12.1 Å². The maximum absolute atomic E-state index is 12.5. The van der Waals surface area contributed by atoms with E-state index in [4.69, 9.17) is 11.6 Å². The molecule has 1 aromatic carbocycles. The quantitative estimate of drug-likeness (QED) is 0.855. The summed E-state index contributed by atoms with van der Waals surface area (Å²) in [5.41, 5.74) is 0. The lowest BCUT2D eigenvalue weighted by Crippen LogP contribution is -2.15. The molecule has 7 heteroatoms. The van der Waals surface area contributed by atoms with Crippen LogP contribution in [-0.2, 0) is 16.4 Å². The molecule has 0 aliphatic rings. The van der Waals surface area contributed by atoms with E-state index in [1.165, 1.54) is 22.4 Å². The first-order chi connectivity index (χ1) is 8.46. The van der Waals surface area contributed by atoms with Gasteiger partial charge in [-0.15, -0.1) is 0 Å². The lowest BCUT2D eigenvalue weighted by molar-refractivity contribution is 0.584. The highest BCUT2D eigenvalue weighted by molar-refractivity contribution is 9.10. The van der Waals surface area contributed by atoms with E-state index in [1.807, 2.05) is 6.92 Å². The Bertz CT molecular complexity index is 682. The van der Waals surface area contributed by atoms with Gasteiger partial charge in [-0.3, -0.25) is 0 Å². The van der Waals surface area contributed by atoms with Crippen molar-refractivity contribution in [3.05, 3.63) is 45.9 Å². The Hall–Kier alpha value is -0.850. The van der Waals surface area contributed by atoms with E-state index in [-0.39, 0.29) is 4.90 Å². The van der Waals surface area contributed by atoms with Crippen molar-refractivity contribution < 1.29 is 8.42 Å². The van der Waals surface area contributed by atoms with Crippen molar-refractivity contribution >= 4 is 37.6 Å². The summed E-state index contributed by atoms with van der Waals surface area (Å²) in [6.07, 6.45) is 3.43. The van der Waals surface area contributed by atoms with Gasteiger partial charge in [0.25, 0.3) is 10.0 Å². The van der Waals surface area contributed by atoms with Crippen LogP contribution in [0.1, 0.15) is 12.7 Å². The lowest BCUT2D eigenvalue weighted by Gasteiger charge is -2.10. The standard InChI is InChI=1S/C11H10BrClN2O2S/c1-2-11-14-5-6-15(11)18(16,17)10-7-8(13)3-4-9(10)12/h3-7H,2H2,1H3. The summed E-state index contributed by atoms with van der Waals surface area (Å²) in [6, 6.07) is 4.65. The third-order valence-electron chi connectivity index (χ3n) is 2.43. The molecule has 4 nitrogen and oxygen atoms in total. The van der Waals surface area contributed by atoms with Crippen molar-refractivity contribution in [3.63, 3.8) is 0 Å². The molecule has 0 saturated carbocycles. The Morgan fingerprint density at radius 1 is 1.44 bits per heavy atom. The van der Waals surface area contributed by atoms with Crippen LogP contribution in [0.25, 0.3) is 0 Å². The lowest BCUT2D eigenvalue weighted by atomic mass is 10.4. The Morgan fingerprint density at radius 3 is 2.83 bits per heavy atom. The van der Waals surface area contributed by atoms with Gasteiger partial charge in [0.05, 0.1) is 0 Å². The second-order valence-corrected chi connectivity index (χ2v) is 6.65. The second kappa shape index (κ2) is 5.03. The van der Waals surface area contributed by atoms with Gasteiger partial charge in [0, 0.05) is 28.3 Å². The molecule has 0 fully saturated rings. The van der Waals surface area contributed by atoms with E-state index in [0.29, 0.717) is 21.7 Å². The highest BCUT2D eigenvalue weighted by atomic mass is 79.9. The average molecular weight is 350 g/mol. The SMILES string of the molecule is CCc1nccn1S(=O)(=O)c1cc(Cl)ccc1Br. The summed E-state index contributed by atoms with van der Waals surface area (Å²) in [7, 11) is -3.67. The van der Waals surface area contributed by atoms with Gasteiger partial charge < -0.3 is 0 Å². The normalized spacial score (nSPS) is 11.7. The third-order valence-corrected chi connectivity index (χ3v) is 5.36. The fourth-order valence-corrected chi connectivity index (χ4v) is 4.14. The van der Waals surface area contributed by atoms with Crippen molar-refractivity contribution in [2.24, 2.45) is 0 Å². The van der Waals surface area contributed by atoms with Gasteiger partial charge in [0.15, 0.2) is 0 Å². The van der Waals surface area contributed by atoms with Crippen molar-refractivity contribution in [2.75, 3.05) is 0 Å². The maximum atomic E-state index is 12.5. The van der Waals surface area contributed by atoms with Crippen molar-refractivity contribution in [1.82, 2.24) is 8.96 Å². The molecule has 0 atom stereocenters. The van der Waals surface area contributed by atoms with Gasteiger partial charge in [-0.1, -0.05) is 18.5 Å². The molecule has 0 radical (unpaired) electrons.